The van der Waals surface area contributed by atoms with E-state index in [0.29, 0.717) is 18.2 Å². The second kappa shape index (κ2) is 6.59. The maximum absolute atomic E-state index is 6.11. The van der Waals surface area contributed by atoms with E-state index in [-0.39, 0.29) is 5.41 Å². The lowest BCUT2D eigenvalue weighted by Crippen LogP contribution is -2.32. The van der Waals surface area contributed by atoms with Gasteiger partial charge >= 0.3 is 0 Å². The highest BCUT2D eigenvalue weighted by atomic mass is 32.1. The molecule has 114 valence electrons. The monoisotopic (exact) mass is 295 g/mol. The highest BCUT2D eigenvalue weighted by Gasteiger charge is 2.31. The number of rotatable bonds is 5. The molecular weight excluding hydrogens is 266 g/mol. The van der Waals surface area contributed by atoms with Crippen molar-refractivity contribution in [3.05, 3.63) is 21.9 Å². The maximum atomic E-state index is 6.11. The van der Waals surface area contributed by atoms with Gasteiger partial charge in [-0.15, -0.1) is 11.3 Å². The predicted molar refractivity (Wildman–Crippen MR) is 87.6 cm³/mol. The van der Waals surface area contributed by atoms with Crippen molar-refractivity contribution in [3.8, 4) is 0 Å². The summed E-state index contributed by atoms with van der Waals surface area (Å²) in [6, 6.07) is 4.95. The van der Waals surface area contributed by atoms with Crippen molar-refractivity contribution in [2.45, 2.75) is 77.5 Å². The summed E-state index contributed by atoms with van der Waals surface area (Å²) in [5, 5.41) is 3.70. The van der Waals surface area contributed by atoms with Gasteiger partial charge in [0.05, 0.1) is 18.2 Å². The molecule has 1 aliphatic rings. The fourth-order valence-corrected chi connectivity index (χ4v) is 3.91. The molecule has 2 rings (SSSR count). The fourth-order valence-electron chi connectivity index (χ4n) is 2.72. The van der Waals surface area contributed by atoms with Crippen molar-refractivity contribution >= 4 is 11.3 Å². The minimum absolute atomic E-state index is 0.238. The number of nitrogens with one attached hydrogen (secondary N) is 1. The van der Waals surface area contributed by atoms with Crippen LogP contribution in [0.2, 0.25) is 0 Å². The number of hydrogen-bond acceptors (Lipinski definition) is 3. The van der Waals surface area contributed by atoms with Crippen molar-refractivity contribution in [2.75, 3.05) is 6.54 Å². The van der Waals surface area contributed by atoms with E-state index >= 15 is 0 Å². The van der Waals surface area contributed by atoms with E-state index in [4.69, 9.17) is 4.74 Å². The smallest absolute Gasteiger partial charge is 0.0782 e. The molecule has 0 radical (unpaired) electrons. The average molecular weight is 295 g/mol. The number of hydrogen-bond donors (Lipinski definition) is 1. The Hall–Kier alpha value is -0.380. The standard InChI is InChI=1S/C17H29NOS/c1-6-11-18-16(13-8-7-12(2)19-13)14-9-10-15(20-14)17(3,4)5/h9-10,12-13,16,18H,6-8,11H2,1-5H3. The third kappa shape index (κ3) is 3.84. The first-order valence-corrected chi connectivity index (χ1v) is 8.72. The van der Waals surface area contributed by atoms with Crippen molar-refractivity contribution in [3.63, 3.8) is 0 Å². The van der Waals surface area contributed by atoms with E-state index in [1.54, 1.807) is 0 Å². The summed E-state index contributed by atoms with van der Waals surface area (Å²) in [5.74, 6) is 0. The van der Waals surface area contributed by atoms with E-state index < -0.39 is 0 Å². The predicted octanol–water partition coefficient (Wildman–Crippen LogP) is 4.65. The maximum Gasteiger partial charge on any atom is 0.0782 e. The molecule has 3 unspecified atom stereocenters. The lowest BCUT2D eigenvalue weighted by atomic mass is 9.95. The molecule has 0 aromatic carbocycles. The Bertz CT molecular complexity index is 421. The third-order valence-electron chi connectivity index (χ3n) is 3.92. The molecule has 2 nitrogen and oxygen atoms in total. The Morgan fingerprint density at radius 2 is 2.10 bits per heavy atom. The minimum Gasteiger partial charge on any atom is -0.373 e. The molecule has 1 saturated heterocycles. The largest absolute Gasteiger partial charge is 0.373 e. The topological polar surface area (TPSA) is 21.3 Å². The van der Waals surface area contributed by atoms with Crippen LogP contribution in [-0.2, 0) is 10.2 Å². The van der Waals surface area contributed by atoms with E-state index in [0.717, 1.165) is 13.0 Å². The third-order valence-corrected chi connectivity index (χ3v) is 5.52. The van der Waals surface area contributed by atoms with Gasteiger partial charge in [-0.05, 0) is 50.3 Å². The van der Waals surface area contributed by atoms with Gasteiger partial charge in [0.25, 0.3) is 0 Å². The van der Waals surface area contributed by atoms with Gasteiger partial charge in [0, 0.05) is 9.75 Å². The van der Waals surface area contributed by atoms with Gasteiger partial charge in [-0.1, -0.05) is 27.7 Å². The molecule has 0 bridgehead atoms. The molecule has 1 N–H and O–H groups in total. The van der Waals surface area contributed by atoms with Crippen LogP contribution < -0.4 is 5.32 Å². The highest BCUT2D eigenvalue weighted by Crippen LogP contribution is 2.37. The van der Waals surface area contributed by atoms with Gasteiger partial charge in [-0.25, -0.2) is 0 Å². The average Bonchev–Trinajstić information content (AvgIpc) is 2.99. The van der Waals surface area contributed by atoms with Crippen molar-refractivity contribution < 1.29 is 4.74 Å². The molecule has 0 spiro atoms. The summed E-state index contributed by atoms with van der Waals surface area (Å²) in [5.41, 5.74) is 0.238. The summed E-state index contributed by atoms with van der Waals surface area (Å²) in [7, 11) is 0. The minimum atomic E-state index is 0.238. The van der Waals surface area contributed by atoms with Crippen LogP contribution in [0.15, 0.2) is 12.1 Å². The Balaban J connectivity index is 2.15. The van der Waals surface area contributed by atoms with Gasteiger partial charge in [0.1, 0.15) is 0 Å². The van der Waals surface area contributed by atoms with Crippen LogP contribution >= 0.6 is 11.3 Å². The van der Waals surface area contributed by atoms with Crippen LogP contribution in [0.5, 0.6) is 0 Å². The summed E-state index contributed by atoms with van der Waals surface area (Å²) >= 11 is 1.94. The molecule has 0 amide bonds. The zero-order chi connectivity index (χ0) is 14.8. The van der Waals surface area contributed by atoms with E-state index in [9.17, 15) is 0 Å². The first-order valence-electron chi connectivity index (χ1n) is 7.91. The number of thiophene rings is 1. The molecular formula is C17H29NOS. The van der Waals surface area contributed by atoms with Gasteiger partial charge in [-0.2, -0.15) is 0 Å². The second-order valence-corrected chi connectivity index (χ2v) is 8.06. The molecule has 3 atom stereocenters. The highest BCUT2D eigenvalue weighted by molar-refractivity contribution is 7.12. The second-order valence-electron chi connectivity index (χ2n) is 6.95. The molecule has 1 aromatic rings. The molecule has 2 heterocycles. The Kier molecular flexibility index (Phi) is 5.27. The molecule has 1 aromatic heterocycles. The van der Waals surface area contributed by atoms with Crippen molar-refractivity contribution in [1.82, 2.24) is 5.32 Å². The molecule has 0 saturated carbocycles. The normalized spacial score (nSPS) is 25.1. The van der Waals surface area contributed by atoms with Crippen LogP contribution in [0, 0.1) is 0 Å². The van der Waals surface area contributed by atoms with Crippen LogP contribution in [0.4, 0.5) is 0 Å². The Morgan fingerprint density at radius 3 is 2.60 bits per heavy atom. The van der Waals surface area contributed by atoms with Crippen LogP contribution in [0.25, 0.3) is 0 Å². The van der Waals surface area contributed by atoms with Crippen LogP contribution in [0.1, 0.15) is 69.7 Å². The van der Waals surface area contributed by atoms with Crippen LogP contribution in [-0.4, -0.2) is 18.8 Å². The van der Waals surface area contributed by atoms with Crippen molar-refractivity contribution in [1.29, 1.82) is 0 Å². The number of ether oxygens (including phenoxy) is 1. The Morgan fingerprint density at radius 1 is 1.35 bits per heavy atom. The summed E-state index contributed by atoms with van der Waals surface area (Å²) in [4.78, 5) is 2.89. The van der Waals surface area contributed by atoms with E-state index in [2.05, 4.69) is 52.1 Å². The lowest BCUT2D eigenvalue weighted by Gasteiger charge is -2.24. The van der Waals surface area contributed by atoms with Gasteiger partial charge in [0.2, 0.25) is 0 Å². The van der Waals surface area contributed by atoms with E-state index in [1.807, 2.05) is 11.3 Å². The van der Waals surface area contributed by atoms with Gasteiger partial charge in [-0.3, -0.25) is 0 Å². The zero-order valence-electron chi connectivity index (χ0n) is 13.5. The van der Waals surface area contributed by atoms with Gasteiger partial charge < -0.3 is 10.1 Å². The van der Waals surface area contributed by atoms with Gasteiger partial charge in [0.15, 0.2) is 0 Å². The zero-order valence-corrected chi connectivity index (χ0v) is 14.3. The molecule has 0 aliphatic carbocycles. The van der Waals surface area contributed by atoms with Crippen molar-refractivity contribution in [2.24, 2.45) is 0 Å². The summed E-state index contributed by atoms with van der Waals surface area (Å²) in [6.45, 7) is 12.3. The Labute approximate surface area is 127 Å². The first kappa shape index (κ1) is 16.0. The molecule has 3 heteroatoms. The SMILES string of the molecule is CCCNC(c1ccc(C(C)(C)C)s1)C1CCC(C)O1. The molecule has 20 heavy (non-hydrogen) atoms. The first-order chi connectivity index (χ1) is 9.41. The quantitative estimate of drug-likeness (QED) is 0.853. The van der Waals surface area contributed by atoms with E-state index in [1.165, 1.54) is 22.6 Å². The summed E-state index contributed by atoms with van der Waals surface area (Å²) in [6.07, 6.45) is 4.27. The molecule has 1 fully saturated rings. The molecule has 1 aliphatic heterocycles. The fraction of sp³-hybridized carbons (Fsp3) is 0.765. The lowest BCUT2D eigenvalue weighted by molar-refractivity contribution is 0.0324. The summed E-state index contributed by atoms with van der Waals surface area (Å²) < 4.78 is 6.11. The van der Waals surface area contributed by atoms with Crippen LogP contribution in [0.3, 0.4) is 0 Å².